The fraction of sp³-hybridized carbons (Fsp3) is 0.174. The Balaban J connectivity index is 1.47. The van der Waals surface area contributed by atoms with Gasteiger partial charge in [0, 0.05) is 36.2 Å². The van der Waals surface area contributed by atoms with E-state index in [0.717, 1.165) is 11.3 Å². The molecular weight excluding hydrogens is 390 g/mol. The SMILES string of the molecule is CC(C)n1cnnc1-c1cccc(NC(=O)c2cccc(NCc3ccncc3)c2)n1. The Morgan fingerprint density at radius 2 is 1.87 bits per heavy atom. The van der Waals surface area contributed by atoms with Crippen LogP contribution in [-0.4, -0.2) is 30.6 Å². The summed E-state index contributed by atoms with van der Waals surface area (Å²) in [6, 6.07) is 16.9. The van der Waals surface area contributed by atoms with Crippen LogP contribution in [0.4, 0.5) is 11.5 Å². The summed E-state index contributed by atoms with van der Waals surface area (Å²) in [5.41, 5.74) is 3.16. The lowest BCUT2D eigenvalue weighted by atomic mass is 10.1. The van der Waals surface area contributed by atoms with Crippen molar-refractivity contribution >= 4 is 17.4 Å². The molecule has 3 heterocycles. The average Bonchev–Trinajstić information content (AvgIpc) is 3.29. The van der Waals surface area contributed by atoms with Crippen molar-refractivity contribution in [1.29, 1.82) is 0 Å². The zero-order valence-corrected chi connectivity index (χ0v) is 17.4. The zero-order valence-electron chi connectivity index (χ0n) is 17.4. The summed E-state index contributed by atoms with van der Waals surface area (Å²) < 4.78 is 1.94. The van der Waals surface area contributed by atoms with Gasteiger partial charge in [-0.15, -0.1) is 10.2 Å². The highest BCUT2D eigenvalue weighted by Gasteiger charge is 2.13. The molecule has 0 spiro atoms. The lowest BCUT2D eigenvalue weighted by molar-refractivity contribution is 0.102. The number of hydrogen-bond donors (Lipinski definition) is 2. The largest absolute Gasteiger partial charge is 0.381 e. The van der Waals surface area contributed by atoms with Crippen molar-refractivity contribution in [2.24, 2.45) is 0 Å². The molecule has 3 aromatic heterocycles. The third-order valence-electron chi connectivity index (χ3n) is 4.72. The first-order valence-electron chi connectivity index (χ1n) is 10.0. The van der Waals surface area contributed by atoms with Gasteiger partial charge in [0.05, 0.1) is 0 Å². The first kappa shape index (κ1) is 20.2. The Hall–Kier alpha value is -4.07. The van der Waals surface area contributed by atoms with Crippen LogP contribution in [-0.2, 0) is 6.54 Å². The van der Waals surface area contributed by atoms with E-state index in [1.54, 1.807) is 30.9 Å². The molecule has 4 aromatic rings. The van der Waals surface area contributed by atoms with E-state index in [2.05, 4.69) is 30.8 Å². The Morgan fingerprint density at radius 1 is 1.06 bits per heavy atom. The zero-order chi connectivity index (χ0) is 21.6. The van der Waals surface area contributed by atoms with Gasteiger partial charge in [0.15, 0.2) is 5.82 Å². The maximum atomic E-state index is 12.8. The molecule has 0 aliphatic rings. The summed E-state index contributed by atoms with van der Waals surface area (Å²) in [5, 5.41) is 14.3. The Labute approximate surface area is 180 Å². The van der Waals surface area contributed by atoms with Gasteiger partial charge in [-0.25, -0.2) is 4.98 Å². The van der Waals surface area contributed by atoms with E-state index in [1.165, 1.54) is 0 Å². The van der Waals surface area contributed by atoms with Crippen molar-refractivity contribution in [3.63, 3.8) is 0 Å². The monoisotopic (exact) mass is 413 g/mol. The Morgan fingerprint density at radius 3 is 2.68 bits per heavy atom. The number of aromatic nitrogens is 5. The number of amides is 1. The molecule has 1 amide bonds. The summed E-state index contributed by atoms with van der Waals surface area (Å²) in [4.78, 5) is 21.4. The van der Waals surface area contributed by atoms with Gasteiger partial charge in [0.2, 0.25) is 0 Å². The molecule has 1 aromatic carbocycles. The van der Waals surface area contributed by atoms with Gasteiger partial charge in [0.25, 0.3) is 5.91 Å². The van der Waals surface area contributed by atoms with Crippen molar-refractivity contribution in [3.8, 4) is 11.5 Å². The molecule has 8 heteroatoms. The molecular formula is C23H23N7O. The second-order valence-electron chi connectivity index (χ2n) is 7.31. The van der Waals surface area contributed by atoms with Crippen LogP contribution in [0.5, 0.6) is 0 Å². The number of nitrogens with one attached hydrogen (secondary N) is 2. The van der Waals surface area contributed by atoms with Gasteiger partial charge in [-0.1, -0.05) is 12.1 Å². The minimum atomic E-state index is -0.234. The summed E-state index contributed by atoms with van der Waals surface area (Å²) in [7, 11) is 0. The molecule has 0 bridgehead atoms. The van der Waals surface area contributed by atoms with Crippen molar-refractivity contribution in [1.82, 2.24) is 24.7 Å². The van der Waals surface area contributed by atoms with Crippen LogP contribution in [0.2, 0.25) is 0 Å². The molecule has 0 saturated heterocycles. The highest BCUT2D eigenvalue weighted by Crippen LogP contribution is 2.20. The van der Waals surface area contributed by atoms with E-state index in [4.69, 9.17) is 0 Å². The molecule has 0 aliphatic heterocycles. The molecule has 31 heavy (non-hydrogen) atoms. The number of benzene rings is 1. The Kier molecular flexibility index (Phi) is 5.98. The number of carbonyl (C=O) groups excluding carboxylic acids is 1. The number of pyridine rings is 2. The normalized spacial score (nSPS) is 10.8. The lowest BCUT2D eigenvalue weighted by Crippen LogP contribution is -2.14. The van der Waals surface area contributed by atoms with Crippen LogP contribution in [0, 0.1) is 0 Å². The van der Waals surface area contributed by atoms with E-state index in [1.807, 2.05) is 60.9 Å². The summed E-state index contributed by atoms with van der Waals surface area (Å²) in [6.45, 7) is 4.75. The molecule has 156 valence electrons. The lowest BCUT2D eigenvalue weighted by Gasteiger charge is -2.11. The number of rotatable bonds is 7. The van der Waals surface area contributed by atoms with Crippen LogP contribution >= 0.6 is 0 Å². The molecule has 8 nitrogen and oxygen atoms in total. The predicted molar refractivity (Wildman–Crippen MR) is 120 cm³/mol. The number of carbonyl (C=O) groups is 1. The maximum absolute atomic E-state index is 12.8. The van der Waals surface area contributed by atoms with E-state index < -0.39 is 0 Å². The van der Waals surface area contributed by atoms with Crippen molar-refractivity contribution in [2.75, 3.05) is 10.6 Å². The number of anilines is 2. The topological polar surface area (TPSA) is 97.6 Å². The third kappa shape index (κ3) is 4.92. The van der Waals surface area contributed by atoms with E-state index in [9.17, 15) is 4.79 Å². The van der Waals surface area contributed by atoms with Gasteiger partial charge >= 0.3 is 0 Å². The van der Waals surface area contributed by atoms with Gasteiger partial charge in [-0.2, -0.15) is 0 Å². The summed E-state index contributed by atoms with van der Waals surface area (Å²) in [6.07, 6.45) is 5.19. The van der Waals surface area contributed by atoms with Crippen LogP contribution < -0.4 is 10.6 Å². The molecule has 4 rings (SSSR count). The minimum Gasteiger partial charge on any atom is -0.381 e. The second kappa shape index (κ2) is 9.17. The first-order chi connectivity index (χ1) is 15.1. The van der Waals surface area contributed by atoms with Crippen molar-refractivity contribution in [2.45, 2.75) is 26.4 Å². The third-order valence-corrected chi connectivity index (χ3v) is 4.72. The molecule has 0 fully saturated rings. The smallest absolute Gasteiger partial charge is 0.256 e. The van der Waals surface area contributed by atoms with Crippen LogP contribution in [0.1, 0.15) is 35.8 Å². The minimum absolute atomic E-state index is 0.201. The molecule has 2 N–H and O–H groups in total. The maximum Gasteiger partial charge on any atom is 0.256 e. The molecule has 0 atom stereocenters. The van der Waals surface area contributed by atoms with E-state index in [0.29, 0.717) is 29.4 Å². The van der Waals surface area contributed by atoms with Gasteiger partial charge in [0.1, 0.15) is 17.8 Å². The highest BCUT2D eigenvalue weighted by molar-refractivity contribution is 6.04. The Bertz CT molecular complexity index is 1170. The fourth-order valence-corrected chi connectivity index (χ4v) is 3.10. The van der Waals surface area contributed by atoms with Crippen molar-refractivity contribution < 1.29 is 4.79 Å². The van der Waals surface area contributed by atoms with Crippen LogP contribution in [0.3, 0.4) is 0 Å². The predicted octanol–water partition coefficient (Wildman–Crippen LogP) is 4.18. The highest BCUT2D eigenvalue weighted by atomic mass is 16.1. The summed E-state index contributed by atoms with van der Waals surface area (Å²) in [5.74, 6) is 0.881. The second-order valence-corrected chi connectivity index (χ2v) is 7.31. The van der Waals surface area contributed by atoms with Gasteiger partial charge < -0.3 is 15.2 Å². The van der Waals surface area contributed by atoms with Gasteiger partial charge in [-0.3, -0.25) is 9.78 Å². The molecule has 0 aliphatic carbocycles. The van der Waals surface area contributed by atoms with Crippen LogP contribution in [0.15, 0.2) is 73.3 Å². The van der Waals surface area contributed by atoms with Gasteiger partial charge in [-0.05, 0) is 61.9 Å². The van der Waals surface area contributed by atoms with Crippen LogP contribution in [0.25, 0.3) is 11.5 Å². The number of nitrogens with zero attached hydrogens (tertiary/aromatic N) is 5. The standard InChI is InChI=1S/C23H23N7O/c1-16(2)30-15-26-29-22(30)20-7-4-8-21(27-20)28-23(31)18-5-3-6-19(13-18)25-14-17-9-11-24-12-10-17/h3-13,15-16,25H,14H2,1-2H3,(H,27,28,31). The molecule has 0 unspecified atom stereocenters. The van der Waals surface area contributed by atoms with E-state index >= 15 is 0 Å². The molecule has 0 radical (unpaired) electrons. The fourth-order valence-electron chi connectivity index (χ4n) is 3.10. The average molecular weight is 413 g/mol. The quantitative estimate of drug-likeness (QED) is 0.472. The number of hydrogen-bond acceptors (Lipinski definition) is 6. The summed E-state index contributed by atoms with van der Waals surface area (Å²) >= 11 is 0. The first-order valence-corrected chi connectivity index (χ1v) is 10.0. The molecule has 0 saturated carbocycles. The van der Waals surface area contributed by atoms with Crippen molar-refractivity contribution in [3.05, 3.63) is 84.4 Å². The van der Waals surface area contributed by atoms with E-state index in [-0.39, 0.29) is 11.9 Å².